The van der Waals surface area contributed by atoms with E-state index in [0.717, 1.165) is 29.1 Å². The van der Waals surface area contributed by atoms with Crippen molar-refractivity contribution in [2.24, 2.45) is 0 Å². The molecule has 0 aliphatic carbocycles. The third kappa shape index (κ3) is 4.79. The number of ether oxygens (including phenoxy) is 1. The topological polar surface area (TPSA) is 53.6 Å². The summed E-state index contributed by atoms with van der Waals surface area (Å²) in [5.41, 5.74) is 2.79. The molecular formula is C14H23N3O2. The van der Waals surface area contributed by atoms with Crippen LogP contribution in [-0.2, 0) is 0 Å². The summed E-state index contributed by atoms with van der Waals surface area (Å²) in [5.74, 6) is 0.860. The molecule has 2 amide bonds. The third-order valence-electron chi connectivity index (χ3n) is 2.77. The minimum absolute atomic E-state index is 0.189. The highest BCUT2D eigenvalue weighted by molar-refractivity contribution is 5.89. The molecule has 1 rings (SSSR count). The second-order valence-electron chi connectivity index (χ2n) is 4.83. The van der Waals surface area contributed by atoms with Crippen molar-refractivity contribution in [3.8, 4) is 5.75 Å². The minimum atomic E-state index is -0.189. The highest BCUT2D eigenvalue weighted by Crippen LogP contribution is 2.26. The summed E-state index contributed by atoms with van der Waals surface area (Å²) in [6, 6.07) is 3.61. The number of rotatable bonds is 5. The lowest BCUT2D eigenvalue weighted by atomic mass is 10.1. The number of aryl methyl sites for hydroxylation is 2. The number of carbonyl (C=O) groups is 1. The van der Waals surface area contributed by atoms with E-state index in [1.165, 1.54) is 0 Å². The maximum absolute atomic E-state index is 11.7. The van der Waals surface area contributed by atoms with E-state index in [4.69, 9.17) is 4.74 Å². The second-order valence-corrected chi connectivity index (χ2v) is 4.83. The van der Waals surface area contributed by atoms with Gasteiger partial charge in [0.1, 0.15) is 5.75 Å². The molecule has 0 heterocycles. The van der Waals surface area contributed by atoms with Crippen molar-refractivity contribution in [1.82, 2.24) is 10.2 Å². The molecule has 0 aliphatic heterocycles. The predicted octanol–water partition coefficient (Wildman–Crippen LogP) is 2.00. The highest BCUT2D eigenvalue weighted by Gasteiger charge is 2.07. The fourth-order valence-electron chi connectivity index (χ4n) is 1.91. The number of likely N-dealkylation sites (N-methyl/N-ethyl adjacent to an activating group) is 1. The number of hydrogen-bond acceptors (Lipinski definition) is 3. The summed E-state index contributed by atoms with van der Waals surface area (Å²) in [4.78, 5) is 13.7. The first-order valence-electron chi connectivity index (χ1n) is 6.29. The molecule has 0 radical (unpaired) electrons. The Morgan fingerprint density at radius 2 is 1.84 bits per heavy atom. The summed E-state index contributed by atoms with van der Waals surface area (Å²) >= 11 is 0. The standard InChI is InChI=1S/C14H23N3O2/c1-10-8-12(9-11(2)13(10)19-5)16-14(18)15-6-7-17(3)4/h8-9H,6-7H2,1-5H3,(H2,15,16,18). The maximum Gasteiger partial charge on any atom is 0.319 e. The Morgan fingerprint density at radius 1 is 1.26 bits per heavy atom. The Bertz CT molecular complexity index is 421. The van der Waals surface area contributed by atoms with Gasteiger partial charge in [-0.2, -0.15) is 0 Å². The summed E-state index contributed by atoms with van der Waals surface area (Å²) in [5, 5.41) is 5.63. The van der Waals surface area contributed by atoms with Crippen LogP contribution < -0.4 is 15.4 Å². The van der Waals surface area contributed by atoms with Crippen molar-refractivity contribution < 1.29 is 9.53 Å². The average molecular weight is 265 g/mol. The normalized spacial score (nSPS) is 10.4. The monoisotopic (exact) mass is 265 g/mol. The lowest BCUT2D eigenvalue weighted by Gasteiger charge is -2.14. The molecule has 0 aromatic heterocycles. The Hall–Kier alpha value is -1.75. The number of nitrogens with one attached hydrogen (secondary N) is 2. The third-order valence-corrected chi connectivity index (χ3v) is 2.77. The van der Waals surface area contributed by atoms with Crippen molar-refractivity contribution in [3.63, 3.8) is 0 Å². The SMILES string of the molecule is COc1c(C)cc(NC(=O)NCCN(C)C)cc1C. The molecule has 2 N–H and O–H groups in total. The van der Waals surface area contributed by atoms with Crippen LogP contribution in [0.15, 0.2) is 12.1 Å². The van der Waals surface area contributed by atoms with Crippen molar-refractivity contribution in [2.75, 3.05) is 39.6 Å². The Morgan fingerprint density at radius 3 is 2.32 bits per heavy atom. The fraction of sp³-hybridized carbons (Fsp3) is 0.500. The largest absolute Gasteiger partial charge is 0.496 e. The number of hydrogen-bond donors (Lipinski definition) is 2. The van der Waals surface area contributed by atoms with Gasteiger partial charge in [0.05, 0.1) is 7.11 Å². The van der Waals surface area contributed by atoms with Gasteiger partial charge in [-0.15, -0.1) is 0 Å². The van der Waals surface area contributed by atoms with E-state index in [-0.39, 0.29) is 6.03 Å². The fourth-order valence-corrected chi connectivity index (χ4v) is 1.91. The van der Waals surface area contributed by atoms with Gasteiger partial charge in [-0.1, -0.05) is 0 Å². The zero-order valence-electron chi connectivity index (χ0n) is 12.3. The number of amides is 2. The highest BCUT2D eigenvalue weighted by atomic mass is 16.5. The number of benzene rings is 1. The Kier molecular flexibility index (Phi) is 5.63. The summed E-state index contributed by atoms with van der Waals surface area (Å²) < 4.78 is 5.29. The lowest BCUT2D eigenvalue weighted by Crippen LogP contribution is -2.34. The first-order chi connectivity index (χ1) is 8.93. The van der Waals surface area contributed by atoms with Crippen LogP contribution in [0.4, 0.5) is 10.5 Å². The van der Waals surface area contributed by atoms with E-state index in [0.29, 0.717) is 6.54 Å². The van der Waals surface area contributed by atoms with E-state index < -0.39 is 0 Å². The van der Waals surface area contributed by atoms with Gasteiger partial charge in [0.15, 0.2) is 0 Å². The van der Waals surface area contributed by atoms with Gasteiger partial charge in [0.25, 0.3) is 0 Å². The zero-order valence-corrected chi connectivity index (χ0v) is 12.3. The molecule has 0 spiro atoms. The number of urea groups is 1. The van der Waals surface area contributed by atoms with Gasteiger partial charge in [-0.05, 0) is 51.2 Å². The van der Waals surface area contributed by atoms with Crippen molar-refractivity contribution >= 4 is 11.7 Å². The van der Waals surface area contributed by atoms with Gasteiger partial charge >= 0.3 is 6.03 Å². The van der Waals surface area contributed by atoms with Gasteiger partial charge < -0.3 is 20.3 Å². The first-order valence-corrected chi connectivity index (χ1v) is 6.29. The van der Waals surface area contributed by atoms with Gasteiger partial charge in [-0.25, -0.2) is 4.79 Å². The number of anilines is 1. The summed E-state index contributed by atoms with van der Waals surface area (Å²) in [7, 11) is 5.59. The molecule has 106 valence electrons. The molecule has 0 saturated carbocycles. The van der Waals surface area contributed by atoms with Crippen LogP contribution in [0.1, 0.15) is 11.1 Å². The quantitative estimate of drug-likeness (QED) is 0.856. The van der Waals surface area contributed by atoms with Gasteiger partial charge in [0.2, 0.25) is 0 Å². The van der Waals surface area contributed by atoms with Crippen LogP contribution in [0.3, 0.4) is 0 Å². The minimum Gasteiger partial charge on any atom is -0.496 e. The zero-order chi connectivity index (χ0) is 14.4. The lowest BCUT2D eigenvalue weighted by molar-refractivity contribution is 0.250. The maximum atomic E-state index is 11.7. The number of methoxy groups -OCH3 is 1. The molecule has 0 fully saturated rings. The van der Waals surface area contributed by atoms with E-state index in [1.54, 1.807) is 7.11 Å². The van der Waals surface area contributed by atoms with Gasteiger partial charge in [-0.3, -0.25) is 0 Å². The molecule has 0 saturated heterocycles. The van der Waals surface area contributed by atoms with Crippen LogP contribution in [0.25, 0.3) is 0 Å². The van der Waals surface area contributed by atoms with E-state index in [2.05, 4.69) is 10.6 Å². The second kappa shape index (κ2) is 6.99. The van der Waals surface area contributed by atoms with E-state index in [1.807, 2.05) is 45.0 Å². The van der Waals surface area contributed by atoms with Gasteiger partial charge in [0, 0.05) is 18.8 Å². The Balaban J connectivity index is 2.60. The number of carbonyl (C=O) groups excluding carboxylic acids is 1. The van der Waals surface area contributed by atoms with Crippen molar-refractivity contribution in [3.05, 3.63) is 23.3 Å². The average Bonchev–Trinajstić information content (AvgIpc) is 2.27. The molecule has 0 bridgehead atoms. The van der Waals surface area contributed by atoms with E-state index >= 15 is 0 Å². The van der Waals surface area contributed by atoms with Crippen LogP contribution in [0, 0.1) is 13.8 Å². The molecule has 19 heavy (non-hydrogen) atoms. The van der Waals surface area contributed by atoms with E-state index in [9.17, 15) is 4.79 Å². The van der Waals surface area contributed by atoms with Crippen LogP contribution in [0.2, 0.25) is 0 Å². The van der Waals surface area contributed by atoms with Crippen molar-refractivity contribution in [2.45, 2.75) is 13.8 Å². The molecule has 1 aromatic rings. The number of nitrogens with zero attached hydrogens (tertiary/aromatic N) is 1. The molecular weight excluding hydrogens is 242 g/mol. The van der Waals surface area contributed by atoms with Crippen molar-refractivity contribution in [1.29, 1.82) is 0 Å². The molecule has 0 unspecified atom stereocenters. The molecule has 5 nitrogen and oxygen atoms in total. The molecule has 0 aliphatic rings. The molecule has 5 heteroatoms. The van der Waals surface area contributed by atoms with Crippen LogP contribution in [-0.4, -0.2) is 45.2 Å². The first kappa shape index (κ1) is 15.3. The van der Waals surface area contributed by atoms with Crippen LogP contribution in [0.5, 0.6) is 5.75 Å². The summed E-state index contributed by atoms with van der Waals surface area (Å²) in [6.07, 6.45) is 0. The molecule has 0 atom stereocenters. The van der Waals surface area contributed by atoms with Crippen LogP contribution >= 0.6 is 0 Å². The molecule has 1 aromatic carbocycles. The summed E-state index contributed by atoms with van der Waals surface area (Å²) in [6.45, 7) is 5.35. The Labute approximate surface area is 114 Å². The smallest absolute Gasteiger partial charge is 0.319 e. The predicted molar refractivity (Wildman–Crippen MR) is 78.0 cm³/mol.